The fourth-order valence-electron chi connectivity index (χ4n) is 1.62. The SMILES string of the molecule is CC(C)CSCC(=O)N1CCCCC1. The quantitative estimate of drug-likeness (QED) is 0.717. The monoisotopic (exact) mass is 215 g/mol. The highest BCUT2D eigenvalue weighted by Gasteiger charge is 2.15. The van der Waals surface area contributed by atoms with E-state index in [0.29, 0.717) is 17.6 Å². The van der Waals surface area contributed by atoms with Gasteiger partial charge in [-0.05, 0) is 30.9 Å². The molecule has 1 fully saturated rings. The number of amides is 1. The van der Waals surface area contributed by atoms with Crippen molar-refractivity contribution < 1.29 is 4.79 Å². The van der Waals surface area contributed by atoms with E-state index in [4.69, 9.17) is 0 Å². The van der Waals surface area contributed by atoms with Gasteiger partial charge in [-0.3, -0.25) is 4.79 Å². The molecule has 0 aromatic heterocycles. The summed E-state index contributed by atoms with van der Waals surface area (Å²) in [6.45, 7) is 6.36. The molecule has 1 amide bonds. The van der Waals surface area contributed by atoms with E-state index in [1.165, 1.54) is 19.3 Å². The second-order valence-electron chi connectivity index (χ2n) is 4.35. The molecule has 0 radical (unpaired) electrons. The molecule has 0 unspecified atom stereocenters. The first kappa shape index (κ1) is 11.9. The molecule has 0 bridgehead atoms. The van der Waals surface area contributed by atoms with E-state index in [9.17, 15) is 4.79 Å². The Morgan fingerprint density at radius 2 is 1.93 bits per heavy atom. The number of nitrogens with zero attached hydrogens (tertiary/aromatic N) is 1. The molecule has 0 spiro atoms. The van der Waals surface area contributed by atoms with Gasteiger partial charge in [0.1, 0.15) is 0 Å². The lowest BCUT2D eigenvalue weighted by Crippen LogP contribution is -2.36. The Morgan fingerprint density at radius 3 is 2.50 bits per heavy atom. The van der Waals surface area contributed by atoms with Crippen LogP contribution < -0.4 is 0 Å². The van der Waals surface area contributed by atoms with Gasteiger partial charge < -0.3 is 4.90 Å². The summed E-state index contributed by atoms with van der Waals surface area (Å²) in [5.41, 5.74) is 0. The Morgan fingerprint density at radius 1 is 1.29 bits per heavy atom. The summed E-state index contributed by atoms with van der Waals surface area (Å²) >= 11 is 1.77. The molecule has 1 aliphatic rings. The first-order valence-electron chi connectivity index (χ1n) is 5.55. The molecular formula is C11H21NOS. The van der Waals surface area contributed by atoms with Crippen LogP contribution in [-0.2, 0) is 4.79 Å². The summed E-state index contributed by atoms with van der Waals surface area (Å²) in [4.78, 5) is 13.7. The predicted octanol–water partition coefficient (Wildman–Crippen LogP) is 2.39. The van der Waals surface area contributed by atoms with Crippen molar-refractivity contribution in [1.82, 2.24) is 4.90 Å². The van der Waals surface area contributed by atoms with Crippen molar-refractivity contribution >= 4 is 17.7 Å². The average Bonchev–Trinajstić information content (AvgIpc) is 2.18. The van der Waals surface area contributed by atoms with Crippen LogP contribution in [0.3, 0.4) is 0 Å². The molecule has 1 heterocycles. The van der Waals surface area contributed by atoms with E-state index in [-0.39, 0.29) is 0 Å². The van der Waals surface area contributed by atoms with Gasteiger partial charge in [-0.1, -0.05) is 13.8 Å². The maximum atomic E-state index is 11.7. The molecule has 0 atom stereocenters. The smallest absolute Gasteiger partial charge is 0.232 e. The topological polar surface area (TPSA) is 20.3 Å². The molecule has 1 saturated heterocycles. The van der Waals surface area contributed by atoms with Crippen LogP contribution in [0.4, 0.5) is 0 Å². The Bertz CT molecular complexity index is 176. The standard InChI is InChI=1S/C11H21NOS/c1-10(2)8-14-9-11(13)12-6-4-3-5-7-12/h10H,3-9H2,1-2H3. The predicted molar refractivity (Wildman–Crippen MR) is 62.6 cm³/mol. The van der Waals surface area contributed by atoms with Gasteiger partial charge in [0.25, 0.3) is 0 Å². The Labute approximate surface area is 91.4 Å². The van der Waals surface area contributed by atoms with Crippen molar-refractivity contribution in [2.45, 2.75) is 33.1 Å². The normalized spacial score (nSPS) is 17.5. The van der Waals surface area contributed by atoms with Gasteiger partial charge in [0.05, 0.1) is 5.75 Å². The highest BCUT2D eigenvalue weighted by molar-refractivity contribution is 7.99. The molecular weight excluding hydrogens is 194 g/mol. The number of hydrogen-bond donors (Lipinski definition) is 0. The van der Waals surface area contributed by atoms with Gasteiger partial charge in [0, 0.05) is 13.1 Å². The van der Waals surface area contributed by atoms with Crippen LogP contribution in [0.25, 0.3) is 0 Å². The summed E-state index contributed by atoms with van der Waals surface area (Å²) in [6, 6.07) is 0. The second kappa shape index (κ2) is 6.33. The van der Waals surface area contributed by atoms with E-state index in [2.05, 4.69) is 13.8 Å². The maximum Gasteiger partial charge on any atom is 0.232 e. The number of piperidine rings is 1. The van der Waals surface area contributed by atoms with Crippen molar-refractivity contribution in [3.8, 4) is 0 Å². The van der Waals surface area contributed by atoms with E-state index < -0.39 is 0 Å². The number of hydrogen-bond acceptors (Lipinski definition) is 2. The number of carbonyl (C=O) groups is 1. The Hall–Kier alpha value is -0.180. The second-order valence-corrected chi connectivity index (χ2v) is 5.38. The van der Waals surface area contributed by atoms with Crippen molar-refractivity contribution in [2.75, 3.05) is 24.6 Å². The van der Waals surface area contributed by atoms with Crippen LogP contribution >= 0.6 is 11.8 Å². The lowest BCUT2D eigenvalue weighted by molar-refractivity contribution is -0.129. The third-order valence-corrected chi connectivity index (χ3v) is 3.74. The van der Waals surface area contributed by atoms with Crippen molar-refractivity contribution in [2.24, 2.45) is 5.92 Å². The molecule has 1 rings (SSSR count). The molecule has 3 heteroatoms. The van der Waals surface area contributed by atoms with Crippen molar-refractivity contribution in [3.63, 3.8) is 0 Å². The highest BCUT2D eigenvalue weighted by atomic mass is 32.2. The Kier molecular flexibility index (Phi) is 5.38. The number of carbonyl (C=O) groups excluding carboxylic acids is 1. The molecule has 2 nitrogen and oxygen atoms in total. The summed E-state index contributed by atoms with van der Waals surface area (Å²) in [7, 11) is 0. The summed E-state index contributed by atoms with van der Waals surface area (Å²) in [5.74, 6) is 2.81. The first-order valence-corrected chi connectivity index (χ1v) is 6.71. The molecule has 0 saturated carbocycles. The lowest BCUT2D eigenvalue weighted by atomic mass is 10.1. The zero-order valence-corrected chi connectivity index (χ0v) is 10.1. The molecule has 82 valence electrons. The zero-order chi connectivity index (χ0) is 10.4. The Balaban J connectivity index is 2.13. The van der Waals surface area contributed by atoms with Gasteiger partial charge in [-0.15, -0.1) is 0 Å². The third kappa shape index (κ3) is 4.36. The molecule has 0 aliphatic carbocycles. The number of thioether (sulfide) groups is 1. The third-order valence-electron chi connectivity index (χ3n) is 2.39. The van der Waals surface area contributed by atoms with Gasteiger partial charge in [-0.25, -0.2) is 0 Å². The van der Waals surface area contributed by atoms with Gasteiger partial charge in [-0.2, -0.15) is 11.8 Å². The maximum absolute atomic E-state index is 11.7. The van der Waals surface area contributed by atoms with Gasteiger partial charge in [0.2, 0.25) is 5.91 Å². The van der Waals surface area contributed by atoms with E-state index in [1.807, 2.05) is 4.90 Å². The summed E-state index contributed by atoms with van der Waals surface area (Å²) in [6.07, 6.45) is 3.68. The number of rotatable bonds is 4. The molecule has 14 heavy (non-hydrogen) atoms. The largest absolute Gasteiger partial charge is 0.342 e. The van der Waals surface area contributed by atoms with Crippen LogP contribution in [0.1, 0.15) is 33.1 Å². The fourth-order valence-corrected chi connectivity index (χ4v) is 2.56. The minimum atomic E-state index is 0.343. The van der Waals surface area contributed by atoms with Crippen LogP contribution in [0.15, 0.2) is 0 Å². The average molecular weight is 215 g/mol. The molecule has 0 N–H and O–H groups in total. The molecule has 0 aromatic rings. The summed E-state index contributed by atoms with van der Waals surface area (Å²) < 4.78 is 0. The van der Waals surface area contributed by atoms with Crippen molar-refractivity contribution in [1.29, 1.82) is 0 Å². The first-order chi connectivity index (χ1) is 6.70. The van der Waals surface area contributed by atoms with Crippen LogP contribution in [0.2, 0.25) is 0 Å². The minimum Gasteiger partial charge on any atom is -0.342 e. The van der Waals surface area contributed by atoms with Crippen LogP contribution in [-0.4, -0.2) is 35.4 Å². The van der Waals surface area contributed by atoms with Crippen LogP contribution in [0.5, 0.6) is 0 Å². The van der Waals surface area contributed by atoms with E-state index >= 15 is 0 Å². The van der Waals surface area contributed by atoms with Crippen LogP contribution in [0, 0.1) is 5.92 Å². The highest BCUT2D eigenvalue weighted by Crippen LogP contribution is 2.12. The lowest BCUT2D eigenvalue weighted by Gasteiger charge is -2.26. The van der Waals surface area contributed by atoms with Gasteiger partial charge in [0.15, 0.2) is 0 Å². The molecule has 1 aliphatic heterocycles. The fraction of sp³-hybridized carbons (Fsp3) is 0.909. The van der Waals surface area contributed by atoms with E-state index in [1.54, 1.807) is 11.8 Å². The molecule has 0 aromatic carbocycles. The number of likely N-dealkylation sites (tertiary alicyclic amines) is 1. The van der Waals surface area contributed by atoms with Gasteiger partial charge >= 0.3 is 0 Å². The van der Waals surface area contributed by atoms with Crippen molar-refractivity contribution in [3.05, 3.63) is 0 Å². The minimum absolute atomic E-state index is 0.343. The van der Waals surface area contributed by atoms with E-state index in [0.717, 1.165) is 18.8 Å². The summed E-state index contributed by atoms with van der Waals surface area (Å²) in [5, 5.41) is 0. The zero-order valence-electron chi connectivity index (χ0n) is 9.29.